The summed E-state index contributed by atoms with van der Waals surface area (Å²) >= 11 is 6.04. The van der Waals surface area contributed by atoms with Gasteiger partial charge < -0.3 is 4.43 Å². The first kappa shape index (κ1) is 17.0. The highest BCUT2D eigenvalue weighted by Gasteiger charge is 2.47. The molecule has 0 fully saturated rings. The lowest BCUT2D eigenvalue weighted by Crippen LogP contribution is -2.51. The smallest absolute Gasteiger partial charge is 0.202 e. The van der Waals surface area contributed by atoms with Gasteiger partial charge in [-0.05, 0) is 23.5 Å². The Labute approximate surface area is 112 Å². The van der Waals surface area contributed by atoms with Crippen molar-refractivity contribution in [1.29, 1.82) is 5.26 Å². The van der Waals surface area contributed by atoms with E-state index in [1.54, 1.807) is 0 Å². The number of nitriles is 1. The summed E-state index contributed by atoms with van der Waals surface area (Å²) in [7, 11) is -1.98. The molecule has 17 heavy (non-hydrogen) atoms. The average molecular weight is 276 g/mol. The molecule has 0 heterocycles. The second kappa shape index (κ2) is 6.77. The molecule has 0 N–H and O–H groups in total. The first-order valence-corrected chi connectivity index (χ1v) is 8.99. The molecule has 0 aromatic heterocycles. The molecule has 100 valence electrons. The largest absolute Gasteiger partial charge is 0.399 e. The number of halogens is 1. The van der Waals surface area contributed by atoms with Gasteiger partial charge in [-0.3, -0.25) is 0 Å². The van der Waals surface area contributed by atoms with E-state index in [0.717, 1.165) is 0 Å². The third kappa shape index (κ3) is 3.71. The Morgan fingerprint density at radius 3 is 1.47 bits per heavy atom. The normalized spacial score (nSPS) is 16.4. The van der Waals surface area contributed by atoms with E-state index in [2.05, 4.69) is 47.6 Å². The van der Waals surface area contributed by atoms with Gasteiger partial charge in [0.05, 0.1) is 11.4 Å². The monoisotopic (exact) mass is 275 g/mol. The standard InChI is InChI=1S/C13H26ClNOSi/c1-9(2)17(10(3)4,11(5)6)16-13(8-15)12(7)14/h9-13H,1-7H3/t12-,13?/m1/s1. The summed E-state index contributed by atoms with van der Waals surface area (Å²) in [6, 6.07) is 2.20. The minimum absolute atomic E-state index is 0.261. The molecule has 0 spiro atoms. The van der Waals surface area contributed by atoms with E-state index < -0.39 is 14.4 Å². The number of nitrogens with zero attached hydrogens (tertiary/aromatic N) is 1. The summed E-state index contributed by atoms with van der Waals surface area (Å²) in [5, 5.41) is 8.91. The Balaban J connectivity index is 5.26. The van der Waals surface area contributed by atoms with Gasteiger partial charge >= 0.3 is 0 Å². The van der Waals surface area contributed by atoms with Crippen molar-refractivity contribution < 1.29 is 4.43 Å². The van der Waals surface area contributed by atoms with Gasteiger partial charge in [-0.2, -0.15) is 5.26 Å². The fraction of sp³-hybridized carbons (Fsp3) is 0.923. The van der Waals surface area contributed by atoms with Gasteiger partial charge in [0.1, 0.15) is 6.10 Å². The number of hydrogen-bond donors (Lipinski definition) is 0. The van der Waals surface area contributed by atoms with Gasteiger partial charge in [0, 0.05) is 0 Å². The van der Waals surface area contributed by atoms with E-state index >= 15 is 0 Å². The van der Waals surface area contributed by atoms with E-state index in [1.807, 2.05) is 6.92 Å². The molecular weight excluding hydrogens is 250 g/mol. The third-order valence-corrected chi connectivity index (χ3v) is 9.89. The van der Waals surface area contributed by atoms with Crippen LogP contribution in [0, 0.1) is 11.3 Å². The molecule has 2 nitrogen and oxygen atoms in total. The first-order chi connectivity index (χ1) is 7.70. The molecule has 0 aliphatic heterocycles. The molecule has 2 atom stereocenters. The lowest BCUT2D eigenvalue weighted by atomic mass is 10.3. The van der Waals surface area contributed by atoms with Crippen LogP contribution >= 0.6 is 11.6 Å². The zero-order valence-corrected chi connectivity index (χ0v) is 13.9. The predicted octanol–water partition coefficient (Wildman–Crippen LogP) is 4.70. The van der Waals surface area contributed by atoms with Crippen molar-refractivity contribution in [2.45, 2.75) is 76.6 Å². The Bertz CT molecular complexity index is 249. The summed E-state index contributed by atoms with van der Waals surface area (Å²) in [4.78, 5) is 0. The molecule has 0 amide bonds. The lowest BCUT2D eigenvalue weighted by Gasteiger charge is -2.43. The molecule has 0 rings (SSSR count). The fourth-order valence-corrected chi connectivity index (χ4v) is 8.56. The quantitative estimate of drug-likeness (QED) is 0.520. The Morgan fingerprint density at radius 2 is 1.29 bits per heavy atom. The van der Waals surface area contributed by atoms with Gasteiger partial charge in [0.15, 0.2) is 0 Å². The summed E-state index contributed by atoms with van der Waals surface area (Å²) in [6.07, 6.45) is -0.490. The van der Waals surface area contributed by atoms with Gasteiger partial charge in [-0.25, -0.2) is 0 Å². The Kier molecular flexibility index (Phi) is 6.76. The highest BCUT2D eigenvalue weighted by molar-refractivity contribution is 6.77. The van der Waals surface area contributed by atoms with Crippen LogP contribution in [0.1, 0.15) is 48.5 Å². The van der Waals surface area contributed by atoms with E-state index in [1.165, 1.54) is 0 Å². The number of alkyl halides is 1. The SMILES string of the molecule is CC(C)[Si](OC(C#N)[C@@H](C)Cl)(C(C)C)C(C)C. The molecular formula is C13H26ClNOSi. The van der Waals surface area contributed by atoms with Gasteiger partial charge in [-0.1, -0.05) is 41.5 Å². The van der Waals surface area contributed by atoms with Crippen LogP contribution in [-0.2, 0) is 4.43 Å². The summed E-state index contributed by atoms with van der Waals surface area (Å²) in [5.41, 5.74) is 1.44. The zero-order chi connectivity index (χ0) is 13.8. The van der Waals surface area contributed by atoms with Crippen molar-refractivity contribution in [1.82, 2.24) is 0 Å². The molecule has 0 aromatic rings. The van der Waals surface area contributed by atoms with Crippen LogP contribution in [0.25, 0.3) is 0 Å². The van der Waals surface area contributed by atoms with E-state index in [0.29, 0.717) is 16.6 Å². The van der Waals surface area contributed by atoms with Gasteiger partial charge in [-0.15, -0.1) is 11.6 Å². The topological polar surface area (TPSA) is 33.0 Å². The highest BCUT2D eigenvalue weighted by Crippen LogP contribution is 2.43. The average Bonchev–Trinajstić information content (AvgIpc) is 2.16. The Morgan fingerprint density at radius 1 is 0.941 bits per heavy atom. The van der Waals surface area contributed by atoms with Crippen LogP contribution in [0.2, 0.25) is 16.6 Å². The fourth-order valence-electron chi connectivity index (χ4n) is 2.85. The molecule has 0 radical (unpaired) electrons. The van der Waals surface area contributed by atoms with Crippen molar-refractivity contribution in [3.8, 4) is 6.07 Å². The van der Waals surface area contributed by atoms with Crippen molar-refractivity contribution in [3.05, 3.63) is 0 Å². The highest BCUT2D eigenvalue weighted by atomic mass is 35.5. The van der Waals surface area contributed by atoms with Crippen molar-refractivity contribution in [2.24, 2.45) is 0 Å². The van der Waals surface area contributed by atoms with Crippen LogP contribution < -0.4 is 0 Å². The van der Waals surface area contributed by atoms with E-state index in [4.69, 9.17) is 21.3 Å². The van der Waals surface area contributed by atoms with Crippen LogP contribution in [-0.4, -0.2) is 19.8 Å². The van der Waals surface area contributed by atoms with Crippen LogP contribution in [0.5, 0.6) is 0 Å². The van der Waals surface area contributed by atoms with Crippen LogP contribution in [0.3, 0.4) is 0 Å². The molecule has 1 unspecified atom stereocenters. The summed E-state index contributed by atoms with van der Waals surface area (Å²) in [6.45, 7) is 15.1. The van der Waals surface area contributed by atoms with Crippen LogP contribution in [0.15, 0.2) is 0 Å². The number of hydrogen-bond acceptors (Lipinski definition) is 2. The minimum Gasteiger partial charge on any atom is -0.399 e. The summed E-state index contributed by atoms with van der Waals surface area (Å²) < 4.78 is 6.28. The molecule has 0 aliphatic rings. The zero-order valence-electron chi connectivity index (χ0n) is 12.1. The molecule has 0 bridgehead atoms. The van der Waals surface area contributed by atoms with Crippen LogP contribution in [0.4, 0.5) is 0 Å². The predicted molar refractivity (Wildman–Crippen MR) is 76.8 cm³/mol. The van der Waals surface area contributed by atoms with Gasteiger partial charge in [0.25, 0.3) is 0 Å². The number of rotatable bonds is 6. The minimum atomic E-state index is -1.98. The first-order valence-electron chi connectivity index (χ1n) is 6.41. The maximum absolute atomic E-state index is 9.17. The summed E-state index contributed by atoms with van der Waals surface area (Å²) in [5.74, 6) is 0. The van der Waals surface area contributed by atoms with Crippen molar-refractivity contribution in [2.75, 3.05) is 0 Å². The van der Waals surface area contributed by atoms with Gasteiger partial charge in [0.2, 0.25) is 8.32 Å². The molecule has 0 saturated heterocycles. The maximum atomic E-state index is 9.17. The lowest BCUT2D eigenvalue weighted by molar-refractivity contribution is 0.221. The third-order valence-electron chi connectivity index (χ3n) is 3.58. The second-order valence-corrected chi connectivity index (χ2v) is 11.8. The molecule has 4 heteroatoms. The second-order valence-electron chi connectivity index (χ2n) is 5.66. The van der Waals surface area contributed by atoms with Crippen molar-refractivity contribution >= 4 is 19.9 Å². The molecule has 0 aromatic carbocycles. The Hall–Kier alpha value is -0.0431. The maximum Gasteiger partial charge on any atom is 0.202 e. The van der Waals surface area contributed by atoms with E-state index in [9.17, 15) is 0 Å². The molecule has 0 saturated carbocycles. The molecule has 0 aliphatic carbocycles. The van der Waals surface area contributed by atoms with E-state index in [-0.39, 0.29) is 5.38 Å². The van der Waals surface area contributed by atoms with Crippen molar-refractivity contribution in [3.63, 3.8) is 0 Å².